The van der Waals surface area contributed by atoms with Crippen molar-refractivity contribution in [1.82, 2.24) is 15.6 Å². The van der Waals surface area contributed by atoms with Crippen LogP contribution in [-0.2, 0) is 19.4 Å². The van der Waals surface area contributed by atoms with E-state index in [4.69, 9.17) is 0 Å². The number of aliphatic imine (C=N–C) groups is 1. The molecule has 0 saturated carbocycles. The molecule has 4 nitrogen and oxygen atoms in total. The van der Waals surface area contributed by atoms with E-state index in [-0.39, 0.29) is 24.0 Å². The molecule has 2 N–H and O–H groups in total. The van der Waals surface area contributed by atoms with E-state index in [9.17, 15) is 0 Å². The summed E-state index contributed by atoms with van der Waals surface area (Å²) in [6, 6.07) is 13.2. The molecule has 128 valence electrons. The number of benzene rings is 1. The van der Waals surface area contributed by atoms with E-state index in [1.165, 1.54) is 16.7 Å². The molecule has 1 atom stereocenters. The first kappa shape index (κ1) is 18.7. The van der Waals surface area contributed by atoms with Gasteiger partial charge in [-0.15, -0.1) is 24.0 Å². The maximum absolute atomic E-state index is 4.42. The molecule has 0 aliphatic heterocycles. The number of halogens is 1. The summed E-state index contributed by atoms with van der Waals surface area (Å²) in [4.78, 5) is 8.77. The lowest BCUT2D eigenvalue weighted by Gasteiger charge is -2.27. The second-order valence-corrected chi connectivity index (χ2v) is 6.05. The van der Waals surface area contributed by atoms with Gasteiger partial charge in [-0.1, -0.05) is 30.3 Å². The molecule has 0 saturated heterocycles. The quantitative estimate of drug-likeness (QED) is 0.442. The Morgan fingerprint density at radius 1 is 1.21 bits per heavy atom. The number of aryl methyl sites for hydroxylation is 2. The minimum absolute atomic E-state index is 0. The van der Waals surface area contributed by atoms with E-state index in [0.717, 1.165) is 30.9 Å². The number of pyridine rings is 1. The molecule has 1 aliphatic carbocycles. The number of hydrogen-bond donors (Lipinski definition) is 2. The third-order valence-electron chi connectivity index (χ3n) is 4.45. The van der Waals surface area contributed by atoms with Crippen LogP contribution in [0.3, 0.4) is 0 Å². The molecule has 1 heterocycles. The Morgan fingerprint density at radius 3 is 2.75 bits per heavy atom. The molecule has 0 bridgehead atoms. The molecular weight excluding hydrogens is 411 g/mol. The van der Waals surface area contributed by atoms with Gasteiger partial charge < -0.3 is 10.6 Å². The first-order chi connectivity index (χ1) is 11.3. The van der Waals surface area contributed by atoms with Crippen molar-refractivity contribution in [2.75, 3.05) is 7.05 Å². The molecular formula is C19H25IN4. The van der Waals surface area contributed by atoms with Crippen molar-refractivity contribution in [3.63, 3.8) is 0 Å². The molecule has 5 heteroatoms. The lowest BCUT2D eigenvalue weighted by atomic mass is 9.88. The SMILES string of the molecule is CN=C(NCc1ncccc1C)NC1CCc2ccccc2C1.I. The van der Waals surface area contributed by atoms with Crippen molar-refractivity contribution >= 4 is 29.9 Å². The van der Waals surface area contributed by atoms with E-state index in [1.807, 2.05) is 19.3 Å². The zero-order valence-electron chi connectivity index (χ0n) is 14.2. The molecule has 24 heavy (non-hydrogen) atoms. The highest BCUT2D eigenvalue weighted by atomic mass is 127. The highest BCUT2D eigenvalue weighted by Gasteiger charge is 2.18. The largest absolute Gasteiger partial charge is 0.353 e. The Labute approximate surface area is 161 Å². The van der Waals surface area contributed by atoms with Crippen LogP contribution in [0, 0.1) is 6.92 Å². The van der Waals surface area contributed by atoms with Gasteiger partial charge >= 0.3 is 0 Å². The van der Waals surface area contributed by atoms with E-state index >= 15 is 0 Å². The predicted octanol–water partition coefficient (Wildman–Crippen LogP) is 3.23. The van der Waals surface area contributed by atoms with Gasteiger partial charge in [0.15, 0.2) is 5.96 Å². The number of guanidine groups is 1. The Hall–Kier alpha value is -1.63. The summed E-state index contributed by atoms with van der Waals surface area (Å²) in [5, 5.41) is 6.92. The van der Waals surface area contributed by atoms with Crippen molar-refractivity contribution < 1.29 is 0 Å². The van der Waals surface area contributed by atoms with Gasteiger partial charge in [0.25, 0.3) is 0 Å². The van der Waals surface area contributed by atoms with Gasteiger partial charge in [-0.3, -0.25) is 9.98 Å². The third kappa shape index (κ3) is 4.69. The number of aromatic nitrogens is 1. The summed E-state index contributed by atoms with van der Waals surface area (Å²) in [5.74, 6) is 0.847. The summed E-state index contributed by atoms with van der Waals surface area (Å²) < 4.78 is 0. The Balaban J connectivity index is 0.00000208. The van der Waals surface area contributed by atoms with Crippen LogP contribution in [-0.4, -0.2) is 24.0 Å². The fourth-order valence-electron chi connectivity index (χ4n) is 3.08. The molecule has 1 aromatic heterocycles. The number of hydrogen-bond acceptors (Lipinski definition) is 2. The van der Waals surface area contributed by atoms with Gasteiger partial charge in [0.1, 0.15) is 0 Å². The van der Waals surface area contributed by atoms with Crippen molar-refractivity contribution in [1.29, 1.82) is 0 Å². The van der Waals surface area contributed by atoms with E-state index in [2.05, 4.69) is 57.9 Å². The lowest BCUT2D eigenvalue weighted by Crippen LogP contribution is -2.45. The average Bonchev–Trinajstić information content (AvgIpc) is 2.59. The molecule has 2 aromatic rings. The van der Waals surface area contributed by atoms with Gasteiger partial charge in [-0.25, -0.2) is 0 Å². The number of nitrogens with zero attached hydrogens (tertiary/aromatic N) is 2. The summed E-state index contributed by atoms with van der Waals surface area (Å²) in [7, 11) is 1.82. The normalized spacial score (nSPS) is 16.8. The minimum Gasteiger partial charge on any atom is -0.353 e. The van der Waals surface area contributed by atoms with Crippen LogP contribution in [0.4, 0.5) is 0 Å². The van der Waals surface area contributed by atoms with Crippen molar-refractivity contribution in [3.8, 4) is 0 Å². The second-order valence-electron chi connectivity index (χ2n) is 6.05. The zero-order valence-corrected chi connectivity index (χ0v) is 16.6. The van der Waals surface area contributed by atoms with Crippen LogP contribution >= 0.6 is 24.0 Å². The smallest absolute Gasteiger partial charge is 0.191 e. The summed E-state index contributed by atoms with van der Waals surface area (Å²) >= 11 is 0. The first-order valence-corrected chi connectivity index (χ1v) is 8.20. The van der Waals surface area contributed by atoms with Crippen molar-refractivity contribution in [2.24, 2.45) is 4.99 Å². The van der Waals surface area contributed by atoms with Gasteiger partial charge in [0.05, 0.1) is 12.2 Å². The molecule has 0 spiro atoms. The highest BCUT2D eigenvalue weighted by molar-refractivity contribution is 14.0. The number of nitrogens with one attached hydrogen (secondary N) is 2. The molecule has 1 unspecified atom stereocenters. The molecule has 1 aliphatic rings. The highest BCUT2D eigenvalue weighted by Crippen LogP contribution is 2.20. The Morgan fingerprint density at radius 2 is 2.00 bits per heavy atom. The first-order valence-electron chi connectivity index (χ1n) is 8.20. The third-order valence-corrected chi connectivity index (χ3v) is 4.45. The van der Waals surface area contributed by atoms with Crippen LogP contribution in [0.5, 0.6) is 0 Å². The van der Waals surface area contributed by atoms with Gasteiger partial charge in [-0.2, -0.15) is 0 Å². The fraction of sp³-hybridized carbons (Fsp3) is 0.368. The standard InChI is InChI=1S/C19H24N4.HI/c1-14-6-5-11-21-18(14)13-22-19(20-2)23-17-10-9-15-7-3-4-8-16(15)12-17;/h3-8,11,17H,9-10,12-13H2,1-2H3,(H2,20,22,23);1H. The van der Waals surface area contributed by atoms with Crippen molar-refractivity contribution in [3.05, 3.63) is 65.0 Å². The minimum atomic E-state index is 0. The maximum Gasteiger partial charge on any atom is 0.191 e. The van der Waals surface area contributed by atoms with Crippen molar-refractivity contribution in [2.45, 2.75) is 38.8 Å². The zero-order chi connectivity index (χ0) is 16.1. The van der Waals surface area contributed by atoms with Crippen LogP contribution in [0.15, 0.2) is 47.6 Å². The van der Waals surface area contributed by atoms with Gasteiger partial charge in [0.2, 0.25) is 0 Å². The maximum atomic E-state index is 4.42. The van der Waals surface area contributed by atoms with Crippen LogP contribution in [0.25, 0.3) is 0 Å². The Kier molecular flexibility index (Phi) is 7.02. The van der Waals surface area contributed by atoms with Crippen LogP contribution in [0.2, 0.25) is 0 Å². The molecule has 1 aromatic carbocycles. The lowest BCUT2D eigenvalue weighted by molar-refractivity contribution is 0.520. The molecule has 0 fully saturated rings. The fourth-order valence-corrected chi connectivity index (χ4v) is 3.08. The average molecular weight is 436 g/mol. The summed E-state index contributed by atoms with van der Waals surface area (Å²) in [6.07, 6.45) is 5.16. The Bertz CT molecular complexity index is 699. The molecule has 3 rings (SSSR count). The molecule has 0 radical (unpaired) electrons. The monoisotopic (exact) mass is 436 g/mol. The van der Waals surface area contributed by atoms with E-state index in [1.54, 1.807) is 0 Å². The summed E-state index contributed by atoms with van der Waals surface area (Å²) in [6.45, 7) is 2.77. The molecule has 0 amide bonds. The van der Waals surface area contributed by atoms with Crippen LogP contribution < -0.4 is 10.6 Å². The van der Waals surface area contributed by atoms with E-state index in [0.29, 0.717) is 12.6 Å². The number of fused-ring (bicyclic) bond motifs is 1. The predicted molar refractivity (Wildman–Crippen MR) is 110 cm³/mol. The van der Waals surface area contributed by atoms with Gasteiger partial charge in [-0.05, 0) is 48.9 Å². The topological polar surface area (TPSA) is 49.3 Å². The summed E-state index contributed by atoms with van der Waals surface area (Å²) in [5.41, 5.74) is 5.19. The van der Waals surface area contributed by atoms with Gasteiger partial charge in [0, 0.05) is 19.3 Å². The second kappa shape index (κ2) is 9.01. The van der Waals surface area contributed by atoms with Crippen LogP contribution in [0.1, 0.15) is 28.8 Å². The van der Waals surface area contributed by atoms with E-state index < -0.39 is 0 Å². The number of rotatable bonds is 3.